The molecular weight excluding hydrogens is 328 g/mol. The Bertz CT molecular complexity index is 788. The minimum Gasteiger partial charge on any atom is -0.394 e. The summed E-state index contributed by atoms with van der Waals surface area (Å²) in [7, 11) is -1.87. The quantitative estimate of drug-likeness (QED) is 0.613. The number of aromatic nitrogens is 2. The third-order valence-electron chi connectivity index (χ3n) is 3.83. The molecule has 0 fully saturated rings. The van der Waals surface area contributed by atoms with Gasteiger partial charge in [0, 0.05) is 31.2 Å². The van der Waals surface area contributed by atoms with Gasteiger partial charge in [0.25, 0.3) is 0 Å². The highest BCUT2D eigenvalue weighted by atomic mass is 28.3. The van der Waals surface area contributed by atoms with Gasteiger partial charge in [0.2, 0.25) is 0 Å². The normalized spacial score (nSPS) is 11.0. The van der Waals surface area contributed by atoms with Gasteiger partial charge < -0.3 is 8.85 Å². The van der Waals surface area contributed by atoms with Crippen LogP contribution in [0, 0.1) is 0 Å². The second-order valence-corrected chi connectivity index (χ2v) is 7.51. The van der Waals surface area contributed by atoms with Gasteiger partial charge in [-0.2, -0.15) is 0 Å². The van der Waals surface area contributed by atoms with Gasteiger partial charge in [-0.1, -0.05) is 36.4 Å². The molecule has 0 bridgehead atoms. The first kappa shape index (κ1) is 17.5. The van der Waals surface area contributed by atoms with Gasteiger partial charge in [-0.05, 0) is 42.8 Å². The fraction of sp³-hybridized carbons (Fsp3) is 0.200. The molecule has 0 spiro atoms. The van der Waals surface area contributed by atoms with E-state index in [1.165, 1.54) is 0 Å². The van der Waals surface area contributed by atoms with Crippen molar-refractivity contribution in [2.75, 3.05) is 13.2 Å². The third-order valence-corrected chi connectivity index (χ3v) is 6.00. The van der Waals surface area contributed by atoms with Crippen LogP contribution in [0.3, 0.4) is 0 Å². The topological polar surface area (TPSA) is 44.2 Å². The lowest BCUT2D eigenvalue weighted by Crippen LogP contribution is -2.37. The number of hydrogen-bond acceptors (Lipinski definition) is 4. The van der Waals surface area contributed by atoms with E-state index >= 15 is 0 Å². The lowest BCUT2D eigenvalue weighted by molar-refractivity contribution is 0.225. The summed E-state index contributed by atoms with van der Waals surface area (Å²) in [6, 6.07) is 18.3. The van der Waals surface area contributed by atoms with E-state index in [0.717, 1.165) is 27.7 Å². The van der Waals surface area contributed by atoms with Gasteiger partial charge in [0.1, 0.15) is 0 Å². The molecule has 0 aliphatic rings. The van der Waals surface area contributed by atoms with Crippen molar-refractivity contribution in [3.8, 4) is 22.5 Å². The SMILES string of the molecule is CCO[SiH](OCC)c1ccnc(-c2ccc(-c3ccccc3)cn2)c1. The monoisotopic (exact) mass is 350 g/mol. The summed E-state index contributed by atoms with van der Waals surface area (Å²) in [4.78, 5) is 9.05. The molecule has 3 rings (SSSR count). The van der Waals surface area contributed by atoms with Crippen molar-refractivity contribution in [1.82, 2.24) is 9.97 Å². The summed E-state index contributed by atoms with van der Waals surface area (Å²) >= 11 is 0. The van der Waals surface area contributed by atoms with Crippen molar-refractivity contribution < 1.29 is 8.85 Å². The summed E-state index contributed by atoms with van der Waals surface area (Å²) in [5.74, 6) is 0. The van der Waals surface area contributed by atoms with Crippen LogP contribution in [0.25, 0.3) is 22.5 Å². The highest BCUT2D eigenvalue weighted by molar-refractivity contribution is 6.61. The Kier molecular flexibility index (Phi) is 6.06. The Labute approximate surface area is 150 Å². The van der Waals surface area contributed by atoms with Crippen LogP contribution in [0.4, 0.5) is 0 Å². The Balaban J connectivity index is 1.85. The van der Waals surface area contributed by atoms with Crippen molar-refractivity contribution in [3.05, 3.63) is 67.0 Å². The Hall–Kier alpha value is -2.34. The van der Waals surface area contributed by atoms with E-state index in [9.17, 15) is 0 Å². The molecule has 2 aromatic heterocycles. The molecule has 0 amide bonds. The average molecular weight is 350 g/mol. The number of benzene rings is 1. The van der Waals surface area contributed by atoms with Crippen LogP contribution in [0.2, 0.25) is 0 Å². The molecular formula is C20H22N2O2Si. The lowest BCUT2D eigenvalue weighted by Gasteiger charge is -2.15. The van der Waals surface area contributed by atoms with E-state index in [0.29, 0.717) is 13.2 Å². The van der Waals surface area contributed by atoms with Crippen molar-refractivity contribution >= 4 is 14.5 Å². The first-order chi connectivity index (χ1) is 12.3. The molecule has 0 saturated carbocycles. The van der Waals surface area contributed by atoms with Crippen LogP contribution in [0.1, 0.15) is 13.8 Å². The Morgan fingerprint density at radius 3 is 2.20 bits per heavy atom. The molecule has 0 radical (unpaired) electrons. The fourth-order valence-corrected chi connectivity index (χ4v) is 4.25. The van der Waals surface area contributed by atoms with Gasteiger partial charge in [-0.3, -0.25) is 9.97 Å². The smallest absolute Gasteiger partial charge is 0.355 e. The first-order valence-corrected chi connectivity index (χ1v) is 10.0. The third kappa shape index (κ3) is 4.39. The first-order valence-electron chi connectivity index (χ1n) is 8.52. The second-order valence-electron chi connectivity index (χ2n) is 5.52. The molecule has 128 valence electrons. The predicted octanol–water partition coefficient (Wildman–Crippen LogP) is 3.31. The number of nitrogens with zero attached hydrogens (tertiary/aromatic N) is 2. The molecule has 0 saturated heterocycles. The van der Waals surface area contributed by atoms with E-state index in [1.807, 2.05) is 56.4 Å². The maximum atomic E-state index is 5.80. The Morgan fingerprint density at radius 2 is 1.56 bits per heavy atom. The molecule has 3 aromatic rings. The molecule has 0 unspecified atom stereocenters. The summed E-state index contributed by atoms with van der Waals surface area (Å²) in [6.07, 6.45) is 3.69. The summed E-state index contributed by atoms with van der Waals surface area (Å²) in [5, 5.41) is 1.09. The molecule has 1 aromatic carbocycles. The van der Waals surface area contributed by atoms with Gasteiger partial charge in [0.05, 0.1) is 11.4 Å². The van der Waals surface area contributed by atoms with E-state index in [2.05, 4.69) is 28.2 Å². The van der Waals surface area contributed by atoms with Crippen LogP contribution < -0.4 is 5.19 Å². The van der Waals surface area contributed by atoms with E-state index in [4.69, 9.17) is 8.85 Å². The van der Waals surface area contributed by atoms with Crippen molar-refractivity contribution in [1.29, 1.82) is 0 Å². The van der Waals surface area contributed by atoms with Crippen molar-refractivity contribution in [2.45, 2.75) is 13.8 Å². The maximum absolute atomic E-state index is 5.80. The lowest BCUT2D eigenvalue weighted by atomic mass is 10.1. The van der Waals surface area contributed by atoms with Gasteiger partial charge in [-0.15, -0.1) is 0 Å². The summed E-state index contributed by atoms with van der Waals surface area (Å²) in [5.41, 5.74) is 3.94. The highest BCUT2D eigenvalue weighted by Gasteiger charge is 2.16. The van der Waals surface area contributed by atoms with Crippen molar-refractivity contribution in [3.63, 3.8) is 0 Å². The highest BCUT2D eigenvalue weighted by Crippen LogP contribution is 2.20. The van der Waals surface area contributed by atoms with Crippen molar-refractivity contribution in [2.24, 2.45) is 0 Å². The average Bonchev–Trinajstić information content (AvgIpc) is 2.69. The molecule has 0 aliphatic carbocycles. The number of hydrogen-bond donors (Lipinski definition) is 0. The minimum absolute atomic E-state index is 0.651. The molecule has 0 N–H and O–H groups in total. The number of rotatable bonds is 7. The molecule has 0 atom stereocenters. The maximum Gasteiger partial charge on any atom is 0.355 e. The summed E-state index contributed by atoms with van der Waals surface area (Å²) < 4.78 is 11.6. The van der Waals surface area contributed by atoms with Crippen LogP contribution >= 0.6 is 0 Å². The molecule has 4 nitrogen and oxygen atoms in total. The van der Waals surface area contributed by atoms with Crippen LogP contribution in [0.5, 0.6) is 0 Å². The molecule has 0 aliphatic heterocycles. The molecule has 5 heteroatoms. The van der Waals surface area contributed by atoms with Gasteiger partial charge >= 0.3 is 9.28 Å². The van der Waals surface area contributed by atoms with E-state index < -0.39 is 9.28 Å². The molecule has 25 heavy (non-hydrogen) atoms. The zero-order valence-corrected chi connectivity index (χ0v) is 15.7. The van der Waals surface area contributed by atoms with Crippen LogP contribution in [-0.4, -0.2) is 32.5 Å². The second kappa shape index (κ2) is 8.67. The number of pyridine rings is 2. The van der Waals surface area contributed by atoms with Crippen LogP contribution in [-0.2, 0) is 8.85 Å². The fourth-order valence-electron chi connectivity index (χ4n) is 2.62. The van der Waals surface area contributed by atoms with Gasteiger partial charge in [0.15, 0.2) is 0 Å². The summed E-state index contributed by atoms with van der Waals surface area (Å²) in [6.45, 7) is 5.28. The standard InChI is InChI=1S/C20H22N2O2Si/c1-3-23-25(24-4-2)18-12-13-21-20(14-18)19-11-10-17(15-22-19)16-8-6-5-7-9-16/h5-15,25H,3-4H2,1-2H3. The van der Waals surface area contributed by atoms with Crippen LogP contribution in [0.15, 0.2) is 67.0 Å². The molecule has 2 heterocycles. The zero-order chi connectivity index (χ0) is 17.5. The zero-order valence-electron chi connectivity index (χ0n) is 14.6. The van der Waals surface area contributed by atoms with E-state index in [-0.39, 0.29) is 0 Å². The Morgan fingerprint density at radius 1 is 0.800 bits per heavy atom. The largest absolute Gasteiger partial charge is 0.394 e. The van der Waals surface area contributed by atoms with E-state index in [1.54, 1.807) is 6.20 Å². The predicted molar refractivity (Wildman–Crippen MR) is 103 cm³/mol. The van der Waals surface area contributed by atoms with Gasteiger partial charge in [-0.25, -0.2) is 0 Å². The minimum atomic E-state index is -1.87.